The Balaban J connectivity index is 1.74. The number of hydrogen-bond donors (Lipinski definition) is 2. The van der Waals surface area contributed by atoms with Crippen molar-refractivity contribution in [2.75, 3.05) is 17.2 Å². The van der Waals surface area contributed by atoms with Crippen molar-refractivity contribution in [2.24, 2.45) is 0 Å². The number of nitrogens with zero attached hydrogens (tertiary/aromatic N) is 2. The number of ether oxygens (including phenoxy) is 1. The van der Waals surface area contributed by atoms with Crippen molar-refractivity contribution < 1.29 is 4.74 Å². The van der Waals surface area contributed by atoms with Crippen molar-refractivity contribution in [3.63, 3.8) is 0 Å². The van der Waals surface area contributed by atoms with Gasteiger partial charge in [0.15, 0.2) is 0 Å². The number of rotatable bonds is 6. The molecular weight excluding hydrogens is 359 g/mol. The Morgan fingerprint density at radius 1 is 1.00 bits per heavy atom. The minimum Gasteiger partial charge on any atom is -0.494 e. The number of anilines is 4. The maximum atomic E-state index is 6.19. The topological polar surface area (TPSA) is 59.1 Å². The van der Waals surface area contributed by atoms with Crippen molar-refractivity contribution >= 4 is 46.3 Å². The van der Waals surface area contributed by atoms with Crippen LogP contribution in [0.2, 0.25) is 10.0 Å². The molecule has 5 nitrogen and oxygen atoms in total. The molecular formula is C18H16Cl2N4O. The molecule has 3 rings (SSSR count). The van der Waals surface area contributed by atoms with E-state index in [9.17, 15) is 0 Å². The minimum absolute atomic E-state index is 0.448. The zero-order chi connectivity index (χ0) is 17.6. The van der Waals surface area contributed by atoms with Crippen molar-refractivity contribution in [2.45, 2.75) is 6.92 Å². The first-order chi connectivity index (χ1) is 12.2. The lowest BCUT2D eigenvalue weighted by Crippen LogP contribution is -2.01. The quantitative estimate of drug-likeness (QED) is 0.581. The SMILES string of the molecule is CCOc1ccc(Nc2nccc(Nc3cccc(Cl)c3Cl)n2)cc1. The van der Waals surface area contributed by atoms with Gasteiger partial charge in [0.25, 0.3) is 0 Å². The molecule has 25 heavy (non-hydrogen) atoms. The third kappa shape index (κ3) is 4.53. The van der Waals surface area contributed by atoms with E-state index in [2.05, 4.69) is 20.6 Å². The highest BCUT2D eigenvalue weighted by atomic mass is 35.5. The van der Waals surface area contributed by atoms with E-state index in [1.54, 1.807) is 18.3 Å². The molecule has 0 bridgehead atoms. The van der Waals surface area contributed by atoms with Crippen molar-refractivity contribution in [1.82, 2.24) is 9.97 Å². The summed E-state index contributed by atoms with van der Waals surface area (Å²) in [6.45, 7) is 2.58. The molecule has 2 aromatic carbocycles. The standard InChI is InChI=1S/C18H16Cl2N4O/c1-2-25-13-8-6-12(7-9-13)22-18-21-11-10-16(24-18)23-15-5-3-4-14(19)17(15)20/h3-11H,2H2,1H3,(H2,21,22,23,24). The molecule has 7 heteroatoms. The zero-order valence-corrected chi connectivity index (χ0v) is 15.0. The Labute approximate surface area is 156 Å². The van der Waals surface area contributed by atoms with Gasteiger partial charge in [-0.05, 0) is 49.4 Å². The second-order valence-corrected chi connectivity index (χ2v) is 5.86. The molecule has 0 aliphatic heterocycles. The lowest BCUT2D eigenvalue weighted by molar-refractivity contribution is 0.340. The third-order valence-corrected chi connectivity index (χ3v) is 4.11. The largest absolute Gasteiger partial charge is 0.494 e. The smallest absolute Gasteiger partial charge is 0.229 e. The Kier molecular flexibility index (Phi) is 5.58. The van der Waals surface area contributed by atoms with Crippen LogP contribution in [0.5, 0.6) is 5.75 Å². The summed E-state index contributed by atoms with van der Waals surface area (Å²) in [5.74, 6) is 1.89. The average molecular weight is 375 g/mol. The fraction of sp³-hybridized carbons (Fsp3) is 0.111. The predicted molar refractivity (Wildman–Crippen MR) is 103 cm³/mol. The first kappa shape index (κ1) is 17.3. The Morgan fingerprint density at radius 2 is 1.80 bits per heavy atom. The van der Waals surface area contributed by atoms with Crippen LogP contribution in [-0.4, -0.2) is 16.6 Å². The van der Waals surface area contributed by atoms with Crippen molar-refractivity contribution in [3.8, 4) is 5.75 Å². The molecule has 0 spiro atoms. The average Bonchev–Trinajstić information content (AvgIpc) is 2.61. The maximum absolute atomic E-state index is 6.19. The maximum Gasteiger partial charge on any atom is 0.229 e. The summed E-state index contributed by atoms with van der Waals surface area (Å²) in [4.78, 5) is 8.65. The first-order valence-electron chi connectivity index (χ1n) is 7.69. The highest BCUT2D eigenvalue weighted by Crippen LogP contribution is 2.31. The minimum atomic E-state index is 0.448. The summed E-state index contributed by atoms with van der Waals surface area (Å²) >= 11 is 12.2. The summed E-state index contributed by atoms with van der Waals surface area (Å²) in [6.07, 6.45) is 1.66. The van der Waals surface area contributed by atoms with E-state index in [-0.39, 0.29) is 0 Å². The molecule has 2 N–H and O–H groups in total. The predicted octanol–water partition coefficient (Wildman–Crippen LogP) is 5.67. The van der Waals surface area contributed by atoms with E-state index < -0.39 is 0 Å². The van der Waals surface area contributed by atoms with Crippen LogP contribution in [0, 0.1) is 0 Å². The fourth-order valence-electron chi connectivity index (χ4n) is 2.16. The van der Waals surface area contributed by atoms with Gasteiger partial charge < -0.3 is 15.4 Å². The van der Waals surface area contributed by atoms with Gasteiger partial charge in [0.1, 0.15) is 11.6 Å². The summed E-state index contributed by atoms with van der Waals surface area (Å²) < 4.78 is 5.43. The summed E-state index contributed by atoms with van der Waals surface area (Å²) in [5, 5.41) is 7.21. The number of halogens is 2. The molecule has 0 saturated heterocycles. The molecule has 0 atom stereocenters. The van der Waals surface area contributed by atoms with Gasteiger partial charge >= 0.3 is 0 Å². The van der Waals surface area contributed by atoms with Crippen LogP contribution in [0.15, 0.2) is 54.7 Å². The van der Waals surface area contributed by atoms with E-state index in [0.29, 0.717) is 34.1 Å². The molecule has 0 amide bonds. The van der Waals surface area contributed by atoms with Crippen LogP contribution in [0.1, 0.15) is 6.92 Å². The van der Waals surface area contributed by atoms with Gasteiger partial charge in [-0.15, -0.1) is 0 Å². The molecule has 0 unspecified atom stereocenters. The number of benzene rings is 2. The molecule has 0 aliphatic rings. The molecule has 128 valence electrons. The van der Waals surface area contributed by atoms with E-state index in [4.69, 9.17) is 27.9 Å². The Bertz CT molecular complexity index is 856. The van der Waals surface area contributed by atoms with E-state index in [1.807, 2.05) is 43.3 Å². The van der Waals surface area contributed by atoms with Crippen LogP contribution in [0.4, 0.5) is 23.1 Å². The molecule has 0 fully saturated rings. The number of nitrogens with one attached hydrogen (secondary N) is 2. The summed E-state index contributed by atoms with van der Waals surface area (Å²) in [5.41, 5.74) is 1.54. The molecule has 0 radical (unpaired) electrons. The van der Waals surface area contributed by atoms with Crippen LogP contribution in [-0.2, 0) is 0 Å². The highest BCUT2D eigenvalue weighted by molar-refractivity contribution is 6.43. The summed E-state index contributed by atoms with van der Waals surface area (Å²) in [6, 6.07) is 14.7. The molecule has 1 heterocycles. The van der Waals surface area contributed by atoms with Gasteiger partial charge in [0, 0.05) is 11.9 Å². The zero-order valence-electron chi connectivity index (χ0n) is 13.5. The normalized spacial score (nSPS) is 10.4. The van der Waals surface area contributed by atoms with Gasteiger partial charge in [-0.1, -0.05) is 29.3 Å². The first-order valence-corrected chi connectivity index (χ1v) is 8.45. The number of aromatic nitrogens is 2. The Morgan fingerprint density at radius 3 is 2.56 bits per heavy atom. The van der Waals surface area contributed by atoms with Crippen LogP contribution in [0.3, 0.4) is 0 Å². The van der Waals surface area contributed by atoms with Crippen LogP contribution >= 0.6 is 23.2 Å². The molecule has 1 aromatic heterocycles. The molecule has 0 saturated carbocycles. The monoisotopic (exact) mass is 374 g/mol. The number of hydrogen-bond acceptors (Lipinski definition) is 5. The van der Waals surface area contributed by atoms with Gasteiger partial charge in [0.2, 0.25) is 5.95 Å². The third-order valence-electron chi connectivity index (χ3n) is 3.29. The van der Waals surface area contributed by atoms with Crippen LogP contribution in [0.25, 0.3) is 0 Å². The molecule has 0 aliphatic carbocycles. The van der Waals surface area contributed by atoms with E-state index in [0.717, 1.165) is 11.4 Å². The van der Waals surface area contributed by atoms with Gasteiger partial charge in [0.05, 0.1) is 22.3 Å². The lowest BCUT2D eigenvalue weighted by Gasteiger charge is -2.10. The van der Waals surface area contributed by atoms with Gasteiger partial charge in [-0.3, -0.25) is 0 Å². The highest BCUT2D eigenvalue weighted by Gasteiger charge is 2.06. The van der Waals surface area contributed by atoms with Crippen molar-refractivity contribution in [1.29, 1.82) is 0 Å². The fourth-order valence-corrected chi connectivity index (χ4v) is 2.50. The van der Waals surface area contributed by atoms with Gasteiger partial charge in [-0.2, -0.15) is 4.98 Å². The van der Waals surface area contributed by atoms with Crippen molar-refractivity contribution in [3.05, 3.63) is 64.8 Å². The second kappa shape index (κ2) is 8.05. The molecule has 3 aromatic rings. The van der Waals surface area contributed by atoms with Crippen LogP contribution < -0.4 is 15.4 Å². The van der Waals surface area contributed by atoms with E-state index >= 15 is 0 Å². The lowest BCUT2D eigenvalue weighted by atomic mass is 10.3. The second-order valence-electron chi connectivity index (χ2n) is 5.07. The van der Waals surface area contributed by atoms with Gasteiger partial charge in [-0.25, -0.2) is 4.98 Å². The summed E-state index contributed by atoms with van der Waals surface area (Å²) in [7, 11) is 0. The van der Waals surface area contributed by atoms with E-state index in [1.165, 1.54) is 0 Å². The Hall–Kier alpha value is -2.50.